The molecule has 0 fully saturated rings. The number of nitrogens with one attached hydrogen (secondary N) is 1. The Balaban J connectivity index is 1.73. The highest BCUT2D eigenvalue weighted by Crippen LogP contribution is 2.32. The van der Waals surface area contributed by atoms with E-state index in [1.54, 1.807) is 0 Å². The van der Waals surface area contributed by atoms with Crippen LogP contribution < -0.4 is 5.32 Å². The Labute approximate surface area is 202 Å². The van der Waals surface area contributed by atoms with E-state index >= 15 is 0 Å². The van der Waals surface area contributed by atoms with Gasteiger partial charge in [0.2, 0.25) is 5.91 Å². The molecule has 3 rings (SSSR count). The largest absolute Gasteiger partial charge is 0.316 e. The number of amides is 1. The van der Waals surface area contributed by atoms with Gasteiger partial charge in [0.05, 0.1) is 11.3 Å². The van der Waals surface area contributed by atoms with Crippen LogP contribution in [0.4, 0.5) is 5.00 Å². The molecule has 1 N–H and O–H groups in total. The normalized spacial score (nSPS) is 10.8. The summed E-state index contributed by atoms with van der Waals surface area (Å²) in [4.78, 5) is 13.6. The molecule has 0 aliphatic heterocycles. The van der Waals surface area contributed by atoms with Crippen molar-refractivity contribution in [1.29, 1.82) is 5.26 Å². The summed E-state index contributed by atoms with van der Waals surface area (Å²) >= 11 is 8.82. The van der Waals surface area contributed by atoms with Gasteiger partial charge in [0.15, 0.2) is 11.0 Å². The van der Waals surface area contributed by atoms with E-state index in [1.807, 2.05) is 38.1 Å². The van der Waals surface area contributed by atoms with Gasteiger partial charge in [-0.1, -0.05) is 49.5 Å². The van der Waals surface area contributed by atoms with Gasteiger partial charge in [-0.25, -0.2) is 0 Å². The summed E-state index contributed by atoms with van der Waals surface area (Å²) in [5.41, 5.74) is 2.40. The van der Waals surface area contributed by atoms with Crippen LogP contribution in [0.1, 0.15) is 48.6 Å². The van der Waals surface area contributed by atoms with E-state index in [2.05, 4.69) is 33.1 Å². The van der Waals surface area contributed by atoms with Crippen molar-refractivity contribution >= 4 is 45.6 Å². The second-order valence-corrected chi connectivity index (χ2v) is 10.1. The van der Waals surface area contributed by atoms with Gasteiger partial charge in [0.1, 0.15) is 11.1 Å². The highest BCUT2D eigenvalue weighted by molar-refractivity contribution is 7.99. The monoisotopic (exact) mass is 487 g/mol. The Morgan fingerprint density at radius 2 is 1.97 bits per heavy atom. The van der Waals surface area contributed by atoms with E-state index in [0.29, 0.717) is 20.7 Å². The number of carbonyl (C=O) groups excluding carboxylic acids is 1. The van der Waals surface area contributed by atoms with Gasteiger partial charge in [-0.15, -0.1) is 21.5 Å². The molecule has 168 valence electrons. The second-order valence-electron chi connectivity index (χ2n) is 7.46. The van der Waals surface area contributed by atoms with Gasteiger partial charge in [-0.2, -0.15) is 5.26 Å². The number of aryl methyl sites for hydroxylation is 1. The first-order chi connectivity index (χ1) is 15.4. The topological polar surface area (TPSA) is 83.6 Å². The third kappa shape index (κ3) is 5.91. The summed E-state index contributed by atoms with van der Waals surface area (Å²) < 4.78 is 2.08. The average Bonchev–Trinajstić information content (AvgIpc) is 3.30. The van der Waals surface area contributed by atoms with Gasteiger partial charge >= 0.3 is 0 Å². The maximum atomic E-state index is 12.6. The summed E-state index contributed by atoms with van der Waals surface area (Å²) in [6.07, 6.45) is 4.50. The van der Waals surface area contributed by atoms with Crippen molar-refractivity contribution in [2.24, 2.45) is 0 Å². The minimum Gasteiger partial charge on any atom is -0.316 e. The Morgan fingerprint density at radius 3 is 2.66 bits per heavy atom. The lowest BCUT2D eigenvalue weighted by Crippen LogP contribution is -2.14. The number of unbranched alkanes of at least 4 members (excludes halogenated alkanes) is 3. The van der Waals surface area contributed by atoms with Crippen LogP contribution in [0.15, 0.2) is 29.4 Å². The number of anilines is 1. The van der Waals surface area contributed by atoms with Crippen LogP contribution in [0.3, 0.4) is 0 Å². The summed E-state index contributed by atoms with van der Waals surface area (Å²) in [5.74, 6) is 0.799. The van der Waals surface area contributed by atoms with Crippen LogP contribution in [0.2, 0.25) is 5.02 Å². The van der Waals surface area contributed by atoms with E-state index in [9.17, 15) is 10.1 Å². The molecule has 0 saturated heterocycles. The molecule has 2 aromatic heterocycles. The van der Waals surface area contributed by atoms with Gasteiger partial charge in [-0.3, -0.25) is 4.79 Å². The van der Waals surface area contributed by atoms with Gasteiger partial charge in [0, 0.05) is 22.0 Å². The first kappa shape index (κ1) is 24.3. The zero-order valence-corrected chi connectivity index (χ0v) is 20.8. The van der Waals surface area contributed by atoms with E-state index in [4.69, 9.17) is 11.6 Å². The molecule has 6 nitrogen and oxygen atoms in total. The number of nitriles is 1. The van der Waals surface area contributed by atoms with Crippen LogP contribution in [-0.2, 0) is 11.3 Å². The second kappa shape index (κ2) is 11.5. The van der Waals surface area contributed by atoms with Gasteiger partial charge < -0.3 is 9.88 Å². The van der Waals surface area contributed by atoms with Crippen LogP contribution >= 0.6 is 34.7 Å². The van der Waals surface area contributed by atoms with E-state index in [0.717, 1.165) is 41.2 Å². The Morgan fingerprint density at radius 1 is 1.22 bits per heavy atom. The molecule has 32 heavy (non-hydrogen) atoms. The first-order valence-corrected chi connectivity index (χ1v) is 12.7. The molecule has 0 aliphatic carbocycles. The highest BCUT2D eigenvalue weighted by atomic mass is 35.5. The van der Waals surface area contributed by atoms with E-state index in [-0.39, 0.29) is 11.7 Å². The standard InChI is InChI=1S/C23H26ClN5OS2/c1-4-5-6-7-12-29-21(17-8-10-18(24)11-9-17)27-28-23(29)31-14-20(30)26-22-19(13-25)15(2)16(3)32-22/h8-11H,4-7,12,14H2,1-3H3,(H,26,30). The number of thioether (sulfide) groups is 1. The SMILES string of the molecule is CCCCCCn1c(SCC(=O)Nc2sc(C)c(C)c2C#N)nnc1-c1ccc(Cl)cc1. The van der Waals surface area contributed by atoms with Crippen molar-refractivity contribution in [3.05, 3.63) is 45.3 Å². The number of thiophene rings is 1. The number of benzene rings is 1. The minimum atomic E-state index is -0.165. The average molecular weight is 488 g/mol. The Kier molecular flexibility index (Phi) is 8.74. The predicted molar refractivity (Wildman–Crippen MR) is 132 cm³/mol. The number of halogens is 1. The highest BCUT2D eigenvalue weighted by Gasteiger charge is 2.18. The van der Waals surface area contributed by atoms with Crippen molar-refractivity contribution in [3.63, 3.8) is 0 Å². The van der Waals surface area contributed by atoms with Crippen LogP contribution in [-0.4, -0.2) is 26.4 Å². The van der Waals surface area contributed by atoms with Crippen molar-refractivity contribution in [1.82, 2.24) is 14.8 Å². The maximum absolute atomic E-state index is 12.6. The molecule has 0 saturated carbocycles. The molecular weight excluding hydrogens is 462 g/mol. The van der Waals surface area contributed by atoms with Crippen molar-refractivity contribution in [2.75, 3.05) is 11.1 Å². The summed E-state index contributed by atoms with van der Waals surface area (Å²) in [5, 5.41) is 23.0. The lowest BCUT2D eigenvalue weighted by molar-refractivity contribution is -0.113. The molecular formula is C23H26ClN5OS2. The fourth-order valence-electron chi connectivity index (χ4n) is 3.25. The lowest BCUT2D eigenvalue weighted by Gasteiger charge is -2.10. The quantitative estimate of drug-likeness (QED) is 0.262. The number of rotatable bonds is 10. The first-order valence-electron chi connectivity index (χ1n) is 10.6. The third-order valence-corrected chi connectivity index (χ3v) is 7.48. The van der Waals surface area contributed by atoms with Gasteiger partial charge in [-0.05, 0) is 50.1 Å². The maximum Gasteiger partial charge on any atom is 0.235 e. The van der Waals surface area contributed by atoms with Gasteiger partial charge in [0.25, 0.3) is 0 Å². The number of nitrogens with zero attached hydrogens (tertiary/aromatic N) is 4. The number of hydrogen-bond donors (Lipinski definition) is 1. The third-order valence-electron chi connectivity index (χ3n) is 5.14. The molecule has 1 aromatic carbocycles. The minimum absolute atomic E-state index is 0.165. The predicted octanol–water partition coefficient (Wildman–Crippen LogP) is 6.46. The zero-order valence-electron chi connectivity index (χ0n) is 18.4. The molecule has 0 spiro atoms. The fourth-order valence-corrected chi connectivity index (χ4v) is 5.17. The summed E-state index contributed by atoms with van der Waals surface area (Å²) in [6.45, 7) is 6.82. The molecule has 2 heterocycles. The Bertz CT molecular complexity index is 1110. The van der Waals surface area contributed by atoms with E-state index < -0.39 is 0 Å². The summed E-state index contributed by atoms with van der Waals surface area (Å²) in [6, 6.07) is 9.72. The summed E-state index contributed by atoms with van der Waals surface area (Å²) in [7, 11) is 0. The van der Waals surface area contributed by atoms with Crippen molar-refractivity contribution in [3.8, 4) is 17.5 Å². The van der Waals surface area contributed by atoms with Crippen LogP contribution in [0.25, 0.3) is 11.4 Å². The molecule has 1 amide bonds. The molecule has 0 aliphatic rings. The molecule has 0 atom stereocenters. The van der Waals surface area contributed by atoms with E-state index in [1.165, 1.54) is 35.9 Å². The fraction of sp³-hybridized carbons (Fsp3) is 0.391. The molecule has 0 bridgehead atoms. The van der Waals surface area contributed by atoms with Crippen molar-refractivity contribution < 1.29 is 4.79 Å². The number of aromatic nitrogens is 3. The molecule has 9 heteroatoms. The number of carbonyl (C=O) groups is 1. The molecule has 3 aromatic rings. The lowest BCUT2D eigenvalue weighted by atomic mass is 10.2. The number of hydrogen-bond acceptors (Lipinski definition) is 6. The zero-order chi connectivity index (χ0) is 23.1. The smallest absolute Gasteiger partial charge is 0.235 e. The van der Waals surface area contributed by atoms with Crippen LogP contribution in [0.5, 0.6) is 0 Å². The molecule has 0 radical (unpaired) electrons. The van der Waals surface area contributed by atoms with Crippen molar-refractivity contribution in [2.45, 2.75) is 58.2 Å². The Hall–Kier alpha value is -2.34. The van der Waals surface area contributed by atoms with Crippen LogP contribution in [0, 0.1) is 25.2 Å². The molecule has 0 unspecified atom stereocenters.